The number of rotatable bonds is 6. The van der Waals surface area contributed by atoms with Gasteiger partial charge in [-0.2, -0.15) is 0 Å². The molecule has 0 unspecified atom stereocenters. The van der Waals surface area contributed by atoms with E-state index in [-0.39, 0.29) is 0 Å². The molecule has 0 fully saturated rings. The van der Waals surface area contributed by atoms with Gasteiger partial charge in [0.25, 0.3) is 0 Å². The molecule has 0 bridgehead atoms. The summed E-state index contributed by atoms with van der Waals surface area (Å²) in [6, 6.07) is 80.4. The van der Waals surface area contributed by atoms with Gasteiger partial charge in [-0.15, -0.1) is 0 Å². The van der Waals surface area contributed by atoms with Gasteiger partial charge in [-0.1, -0.05) is 176 Å². The number of anilines is 3. The number of benzene rings is 11. The SMILES string of the molecule is c1ccc(-c2cccc3c2oc2cccc(-c4ccc(N(c5ccc6ccc7ccccc7c6c5)c5ccc(-c6cccc7ccccc67)c6oc7ccccc7c56)cc4)c23)cc1. The highest BCUT2D eigenvalue weighted by molar-refractivity contribution is 6.19. The molecule has 13 aromatic rings. The van der Waals surface area contributed by atoms with Gasteiger partial charge < -0.3 is 13.7 Å². The van der Waals surface area contributed by atoms with Gasteiger partial charge >= 0.3 is 0 Å². The highest BCUT2D eigenvalue weighted by Gasteiger charge is 2.24. The van der Waals surface area contributed by atoms with Crippen LogP contribution in [0.1, 0.15) is 0 Å². The van der Waals surface area contributed by atoms with E-state index < -0.39 is 0 Å². The summed E-state index contributed by atoms with van der Waals surface area (Å²) in [5.74, 6) is 0. The zero-order valence-corrected chi connectivity index (χ0v) is 34.1. The van der Waals surface area contributed by atoms with Crippen LogP contribution in [0.3, 0.4) is 0 Å². The fourth-order valence-electron chi connectivity index (χ4n) is 9.95. The minimum atomic E-state index is 0.858. The van der Waals surface area contributed by atoms with E-state index in [0.717, 1.165) is 94.3 Å². The normalized spacial score (nSPS) is 11.8. The Morgan fingerprint density at radius 1 is 0.286 bits per heavy atom. The number of para-hydroxylation sites is 2. The Kier molecular flexibility index (Phi) is 7.91. The monoisotopic (exact) mass is 803 g/mol. The zero-order valence-electron chi connectivity index (χ0n) is 34.1. The molecule has 2 heterocycles. The Bertz CT molecular complexity index is 3910. The van der Waals surface area contributed by atoms with Crippen LogP contribution in [0.25, 0.3) is 110 Å². The van der Waals surface area contributed by atoms with Gasteiger partial charge in [0, 0.05) is 38.7 Å². The second-order valence-electron chi connectivity index (χ2n) is 16.4. The van der Waals surface area contributed by atoms with E-state index in [2.05, 4.69) is 229 Å². The topological polar surface area (TPSA) is 29.5 Å². The van der Waals surface area contributed by atoms with Crippen molar-refractivity contribution < 1.29 is 8.83 Å². The number of hydrogen-bond donors (Lipinski definition) is 0. The third kappa shape index (κ3) is 5.60. The fourth-order valence-corrected chi connectivity index (χ4v) is 9.95. The Labute approximate surface area is 363 Å². The molecule has 11 aromatic carbocycles. The summed E-state index contributed by atoms with van der Waals surface area (Å²) in [5.41, 5.74) is 13.3. The first kappa shape index (κ1) is 35.4. The molecule has 0 amide bonds. The van der Waals surface area contributed by atoms with Crippen molar-refractivity contribution >= 4 is 93.3 Å². The third-order valence-electron chi connectivity index (χ3n) is 12.9. The largest absolute Gasteiger partial charge is 0.455 e. The van der Waals surface area contributed by atoms with Crippen molar-refractivity contribution in [1.29, 1.82) is 0 Å². The highest BCUT2D eigenvalue weighted by atomic mass is 16.3. The van der Waals surface area contributed by atoms with Gasteiger partial charge in [0.2, 0.25) is 0 Å². The summed E-state index contributed by atoms with van der Waals surface area (Å²) in [5, 5.41) is 11.6. The van der Waals surface area contributed by atoms with Crippen molar-refractivity contribution in [2.45, 2.75) is 0 Å². The van der Waals surface area contributed by atoms with Gasteiger partial charge in [-0.25, -0.2) is 0 Å². The predicted octanol–water partition coefficient (Wildman–Crippen LogP) is 17.4. The average molecular weight is 804 g/mol. The van der Waals surface area contributed by atoms with E-state index in [0.29, 0.717) is 0 Å². The summed E-state index contributed by atoms with van der Waals surface area (Å²) in [4.78, 5) is 2.40. The molecule has 0 N–H and O–H groups in total. The maximum Gasteiger partial charge on any atom is 0.145 e. The molecule has 3 heteroatoms. The van der Waals surface area contributed by atoms with Crippen molar-refractivity contribution in [3.63, 3.8) is 0 Å². The van der Waals surface area contributed by atoms with Crippen molar-refractivity contribution in [2.24, 2.45) is 0 Å². The molecule has 0 radical (unpaired) electrons. The molecular weight excluding hydrogens is 767 g/mol. The second kappa shape index (κ2) is 14.1. The number of fused-ring (bicyclic) bond motifs is 10. The van der Waals surface area contributed by atoms with Crippen LogP contribution >= 0.6 is 0 Å². The van der Waals surface area contributed by atoms with E-state index >= 15 is 0 Å². The lowest BCUT2D eigenvalue weighted by molar-refractivity contribution is 0.669. The number of furan rings is 2. The summed E-state index contributed by atoms with van der Waals surface area (Å²) in [6.07, 6.45) is 0. The zero-order chi connectivity index (χ0) is 41.4. The molecule has 0 atom stereocenters. The lowest BCUT2D eigenvalue weighted by Gasteiger charge is -2.27. The van der Waals surface area contributed by atoms with E-state index in [1.165, 1.54) is 32.3 Å². The Hall–Kier alpha value is -8.40. The van der Waals surface area contributed by atoms with Crippen LogP contribution in [0.5, 0.6) is 0 Å². The van der Waals surface area contributed by atoms with Crippen molar-refractivity contribution in [2.75, 3.05) is 4.90 Å². The molecular formula is C60H37NO2. The summed E-state index contributed by atoms with van der Waals surface area (Å²) >= 11 is 0. The molecule has 0 aliphatic rings. The summed E-state index contributed by atoms with van der Waals surface area (Å²) in [7, 11) is 0. The van der Waals surface area contributed by atoms with E-state index in [9.17, 15) is 0 Å². The van der Waals surface area contributed by atoms with Gasteiger partial charge in [0.05, 0.1) is 11.1 Å². The van der Waals surface area contributed by atoms with Gasteiger partial charge in [-0.05, 0) is 103 Å². The molecule has 2 aromatic heterocycles. The van der Waals surface area contributed by atoms with Crippen LogP contribution in [0, 0.1) is 0 Å². The smallest absolute Gasteiger partial charge is 0.145 e. The molecule has 0 spiro atoms. The second-order valence-corrected chi connectivity index (χ2v) is 16.4. The molecule has 3 nitrogen and oxygen atoms in total. The lowest BCUT2D eigenvalue weighted by atomic mass is 9.95. The Balaban J connectivity index is 1.03. The fraction of sp³-hybridized carbons (Fsp3) is 0. The quantitative estimate of drug-likeness (QED) is 0.157. The van der Waals surface area contributed by atoms with Crippen molar-refractivity contribution in [3.8, 4) is 33.4 Å². The van der Waals surface area contributed by atoms with Crippen LogP contribution in [-0.2, 0) is 0 Å². The van der Waals surface area contributed by atoms with Crippen molar-refractivity contribution in [1.82, 2.24) is 0 Å². The number of nitrogens with zero attached hydrogens (tertiary/aromatic N) is 1. The van der Waals surface area contributed by atoms with Crippen LogP contribution in [0.15, 0.2) is 233 Å². The first-order valence-electron chi connectivity index (χ1n) is 21.5. The maximum atomic E-state index is 6.92. The van der Waals surface area contributed by atoms with E-state index in [1.54, 1.807) is 0 Å². The first-order valence-corrected chi connectivity index (χ1v) is 21.5. The molecule has 294 valence electrons. The van der Waals surface area contributed by atoms with E-state index in [1.807, 2.05) is 0 Å². The van der Waals surface area contributed by atoms with E-state index in [4.69, 9.17) is 8.83 Å². The van der Waals surface area contributed by atoms with Gasteiger partial charge in [0.15, 0.2) is 0 Å². The number of hydrogen-bond acceptors (Lipinski definition) is 3. The Morgan fingerprint density at radius 2 is 0.857 bits per heavy atom. The molecule has 0 saturated heterocycles. The van der Waals surface area contributed by atoms with Crippen LogP contribution in [0.4, 0.5) is 17.1 Å². The molecule has 0 aliphatic carbocycles. The van der Waals surface area contributed by atoms with Gasteiger partial charge in [0.1, 0.15) is 22.3 Å². The molecule has 63 heavy (non-hydrogen) atoms. The molecule has 0 aliphatic heterocycles. The third-order valence-corrected chi connectivity index (χ3v) is 12.9. The van der Waals surface area contributed by atoms with Crippen molar-refractivity contribution in [3.05, 3.63) is 224 Å². The summed E-state index contributed by atoms with van der Waals surface area (Å²) in [6.45, 7) is 0. The highest BCUT2D eigenvalue weighted by Crippen LogP contribution is 2.48. The van der Waals surface area contributed by atoms with Crippen LogP contribution in [-0.4, -0.2) is 0 Å². The molecule has 0 saturated carbocycles. The average Bonchev–Trinajstić information content (AvgIpc) is 3.94. The first-order chi connectivity index (χ1) is 31.2. The van der Waals surface area contributed by atoms with Crippen LogP contribution < -0.4 is 4.90 Å². The van der Waals surface area contributed by atoms with Crippen LogP contribution in [0.2, 0.25) is 0 Å². The minimum Gasteiger partial charge on any atom is -0.455 e. The summed E-state index contributed by atoms with van der Waals surface area (Å²) < 4.78 is 13.6. The standard InChI is InChI=1S/C60H37NO2/c1-2-13-39(14-3-1)48-22-11-24-52-57-47(21-12-26-56(57)63-59(48)52)41-29-32-43(33-30-41)61(44-34-31-42-28-27-40-16-5-7-19-46(40)53(42)37-44)54-36-35-50(49-23-10-17-38-15-4-6-18-45(38)49)60-58(54)51-20-8-9-25-55(51)62-60/h1-37H. The minimum absolute atomic E-state index is 0.858. The predicted molar refractivity (Wildman–Crippen MR) is 265 cm³/mol. The van der Waals surface area contributed by atoms with Gasteiger partial charge in [-0.3, -0.25) is 0 Å². The Morgan fingerprint density at radius 3 is 1.71 bits per heavy atom. The maximum absolute atomic E-state index is 6.92. The molecule has 13 rings (SSSR count). The lowest BCUT2D eigenvalue weighted by Crippen LogP contribution is -2.10.